The fourth-order valence-corrected chi connectivity index (χ4v) is 5.44. The fraction of sp³-hybridized carbons (Fsp3) is 0.947. The van der Waals surface area contributed by atoms with E-state index in [-0.39, 0.29) is 30.7 Å². The zero-order valence-electron chi connectivity index (χ0n) is 20.4. The molecule has 1 rings (SSSR count). The Morgan fingerprint density at radius 1 is 1.12 bits per heavy atom. The monoisotopic (exact) mass is 517 g/mol. The lowest BCUT2D eigenvalue weighted by Gasteiger charge is -2.38. The second kappa shape index (κ2) is 11.1. The molecule has 0 radical (unpaired) electrons. The molecule has 0 saturated carbocycles. The summed E-state index contributed by atoms with van der Waals surface area (Å²) in [6.07, 6.45) is 1.30. The maximum Gasteiger partial charge on any atom is 0.410 e. The van der Waals surface area contributed by atoms with E-state index >= 15 is 0 Å². The van der Waals surface area contributed by atoms with Crippen molar-refractivity contribution < 1.29 is 39.2 Å². The van der Waals surface area contributed by atoms with Crippen molar-refractivity contribution in [2.45, 2.75) is 83.3 Å². The molecule has 0 aromatic heterocycles. The second-order valence-corrected chi connectivity index (χ2v) is 17.8. The van der Waals surface area contributed by atoms with Gasteiger partial charge >= 0.3 is 6.09 Å². The maximum atomic E-state index is 12.8. The van der Waals surface area contributed by atoms with Gasteiger partial charge in [0.25, 0.3) is 20.2 Å². The molecular formula is C19H39NO9S2Si. The first-order valence-electron chi connectivity index (χ1n) is 10.7. The average Bonchev–Trinajstić information content (AvgIpc) is 2.99. The van der Waals surface area contributed by atoms with Gasteiger partial charge in [-0.15, -0.1) is 0 Å². The van der Waals surface area contributed by atoms with Crippen molar-refractivity contribution in [3.63, 3.8) is 0 Å². The number of likely N-dealkylation sites (tertiary alicyclic amines) is 1. The number of carbonyl (C=O) groups excluding carboxylic acids is 1. The molecule has 32 heavy (non-hydrogen) atoms. The van der Waals surface area contributed by atoms with E-state index in [1.807, 2.05) is 6.92 Å². The number of rotatable bonds is 11. The Bertz CT molecular complexity index is 837. The standard InChI is InChI=1S/C19H39NO9S2Si/c1-9-10-11-26-18(21)20-13-15(29-32(7,8)19(2,3)4)12-16(20)17(28-31(6,24)25)14-27-30(5,22)23/h15-17H,9-14H2,1-8H3. The van der Waals surface area contributed by atoms with Crippen LogP contribution in [0.3, 0.4) is 0 Å². The van der Waals surface area contributed by atoms with Crippen LogP contribution in [0, 0.1) is 0 Å². The number of carbonyl (C=O) groups is 1. The molecule has 0 aromatic rings. The Balaban J connectivity index is 3.20. The number of hydrogen-bond acceptors (Lipinski definition) is 9. The highest BCUT2D eigenvalue weighted by Crippen LogP contribution is 2.39. The van der Waals surface area contributed by atoms with Crippen LogP contribution in [0.4, 0.5) is 4.79 Å². The summed E-state index contributed by atoms with van der Waals surface area (Å²) >= 11 is 0. The van der Waals surface area contributed by atoms with E-state index in [9.17, 15) is 21.6 Å². The predicted molar refractivity (Wildman–Crippen MR) is 124 cm³/mol. The van der Waals surface area contributed by atoms with Crippen molar-refractivity contribution in [1.82, 2.24) is 4.90 Å². The van der Waals surface area contributed by atoms with Gasteiger partial charge in [-0.05, 0) is 31.0 Å². The normalized spacial score (nSPS) is 21.6. The smallest absolute Gasteiger partial charge is 0.410 e. The number of ether oxygens (including phenoxy) is 1. The Kier molecular flexibility index (Phi) is 10.2. The number of hydrogen-bond donors (Lipinski definition) is 0. The summed E-state index contributed by atoms with van der Waals surface area (Å²) in [6, 6.07) is -0.796. The van der Waals surface area contributed by atoms with E-state index in [1.165, 1.54) is 4.90 Å². The summed E-state index contributed by atoms with van der Waals surface area (Å²) in [6.45, 7) is 12.3. The van der Waals surface area contributed by atoms with Crippen LogP contribution in [-0.2, 0) is 37.8 Å². The van der Waals surface area contributed by atoms with Gasteiger partial charge in [-0.2, -0.15) is 16.8 Å². The van der Waals surface area contributed by atoms with Crippen LogP contribution < -0.4 is 0 Å². The van der Waals surface area contributed by atoms with Gasteiger partial charge in [0.15, 0.2) is 8.32 Å². The summed E-state index contributed by atoms with van der Waals surface area (Å²) in [4.78, 5) is 14.2. The number of amides is 1. The van der Waals surface area contributed by atoms with Crippen molar-refractivity contribution >= 4 is 34.6 Å². The molecule has 10 nitrogen and oxygen atoms in total. The van der Waals surface area contributed by atoms with Crippen LogP contribution in [0.5, 0.6) is 0 Å². The van der Waals surface area contributed by atoms with Gasteiger partial charge < -0.3 is 9.16 Å². The molecule has 190 valence electrons. The highest BCUT2D eigenvalue weighted by molar-refractivity contribution is 7.86. The zero-order chi connectivity index (χ0) is 25.0. The molecule has 0 N–H and O–H groups in total. The van der Waals surface area contributed by atoms with E-state index in [4.69, 9.17) is 17.5 Å². The van der Waals surface area contributed by atoms with Crippen LogP contribution in [0.15, 0.2) is 0 Å². The van der Waals surface area contributed by atoms with Gasteiger partial charge in [-0.25, -0.2) is 4.79 Å². The lowest BCUT2D eigenvalue weighted by atomic mass is 10.1. The van der Waals surface area contributed by atoms with E-state index in [0.29, 0.717) is 6.42 Å². The van der Waals surface area contributed by atoms with Crippen molar-refractivity contribution in [2.24, 2.45) is 0 Å². The summed E-state index contributed by atoms with van der Waals surface area (Å²) in [5.74, 6) is 0. The van der Waals surface area contributed by atoms with E-state index < -0.39 is 53.4 Å². The molecular weight excluding hydrogens is 478 g/mol. The third-order valence-electron chi connectivity index (χ3n) is 5.70. The minimum Gasteiger partial charge on any atom is -0.449 e. The minimum absolute atomic E-state index is 0.0698. The zero-order valence-corrected chi connectivity index (χ0v) is 23.0. The van der Waals surface area contributed by atoms with Gasteiger partial charge in [0.2, 0.25) is 0 Å². The maximum absolute atomic E-state index is 12.8. The van der Waals surface area contributed by atoms with Crippen molar-refractivity contribution in [3.8, 4) is 0 Å². The van der Waals surface area contributed by atoms with Gasteiger partial charge in [0, 0.05) is 6.54 Å². The van der Waals surface area contributed by atoms with Crippen molar-refractivity contribution in [3.05, 3.63) is 0 Å². The summed E-state index contributed by atoms with van der Waals surface area (Å²) in [5.41, 5.74) is 0. The molecule has 1 heterocycles. The molecule has 3 unspecified atom stereocenters. The first-order chi connectivity index (χ1) is 14.4. The van der Waals surface area contributed by atoms with Crippen LogP contribution in [0.1, 0.15) is 47.0 Å². The molecule has 13 heteroatoms. The summed E-state index contributed by atoms with van der Waals surface area (Å²) < 4.78 is 68.6. The summed E-state index contributed by atoms with van der Waals surface area (Å²) in [7, 11) is -10.0. The van der Waals surface area contributed by atoms with Crippen molar-refractivity contribution in [2.75, 3.05) is 32.3 Å². The molecule has 3 atom stereocenters. The molecule has 1 aliphatic heterocycles. The van der Waals surface area contributed by atoms with E-state index in [1.54, 1.807) is 0 Å². The molecule has 0 aromatic carbocycles. The van der Waals surface area contributed by atoms with Crippen LogP contribution in [0.2, 0.25) is 18.1 Å². The fourth-order valence-electron chi connectivity index (χ4n) is 3.07. The van der Waals surface area contributed by atoms with Gasteiger partial charge in [0.05, 0.1) is 37.9 Å². The molecule has 0 aliphatic carbocycles. The third-order valence-corrected chi connectivity index (χ3v) is 11.4. The SMILES string of the molecule is CCCCOC(=O)N1CC(O[Si](C)(C)C(C)(C)C)CC1C(COS(C)(=O)=O)OS(C)(=O)=O. The number of nitrogens with zero attached hydrogens (tertiary/aromatic N) is 1. The van der Waals surface area contributed by atoms with Crippen molar-refractivity contribution in [1.29, 1.82) is 0 Å². The van der Waals surface area contributed by atoms with Crippen LogP contribution in [0.25, 0.3) is 0 Å². The van der Waals surface area contributed by atoms with Crippen LogP contribution >= 0.6 is 0 Å². The predicted octanol–water partition coefficient (Wildman–Crippen LogP) is 2.71. The molecule has 1 aliphatic rings. The number of unbranched alkanes of at least 4 members (excludes halogenated alkanes) is 1. The third kappa shape index (κ3) is 9.63. The molecule has 1 saturated heterocycles. The quantitative estimate of drug-likeness (QED) is 0.231. The second-order valence-electron chi connectivity index (χ2n) is 9.75. The lowest BCUT2D eigenvalue weighted by Crippen LogP contribution is -2.47. The molecule has 0 spiro atoms. The first kappa shape index (κ1) is 29.3. The Labute approximate surface area is 194 Å². The Morgan fingerprint density at radius 3 is 2.19 bits per heavy atom. The van der Waals surface area contributed by atoms with Gasteiger partial charge in [-0.3, -0.25) is 13.3 Å². The first-order valence-corrected chi connectivity index (χ1v) is 17.2. The summed E-state index contributed by atoms with van der Waals surface area (Å²) in [5, 5.41) is -0.0698. The lowest BCUT2D eigenvalue weighted by molar-refractivity contribution is 0.0450. The average molecular weight is 518 g/mol. The molecule has 1 fully saturated rings. The highest BCUT2D eigenvalue weighted by atomic mass is 32.2. The topological polar surface area (TPSA) is 126 Å². The minimum atomic E-state index is -3.96. The Morgan fingerprint density at radius 2 is 1.72 bits per heavy atom. The highest BCUT2D eigenvalue weighted by Gasteiger charge is 2.47. The van der Waals surface area contributed by atoms with Gasteiger partial charge in [-0.1, -0.05) is 34.1 Å². The Hall–Kier alpha value is -0.733. The van der Waals surface area contributed by atoms with Crippen LogP contribution in [-0.4, -0.2) is 86.7 Å². The van der Waals surface area contributed by atoms with E-state index in [0.717, 1.165) is 18.9 Å². The largest absolute Gasteiger partial charge is 0.449 e. The van der Waals surface area contributed by atoms with E-state index in [2.05, 4.69) is 33.9 Å². The molecule has 0 bridgehead atoms. The van der Waals surface area contributed by atoms with Gasteiger partial charge in [0.1, 0.15) is 6.10 Å². The molecule has 1 amide bonds.